The van der Waals surface area contributed by atoms with E-state index in [-0.39, 0.29) is 11.8 Å². The maximum absolute atomic E-state index is 12.9. The fourth-order valence-corrected chi connectivity index (χ4v) is 5.68. The second kappa shape index (κ2) is 9.59. The van der Waals surface area contributed by atoms with Crippen molar-refractivity contribution in [3.05, 3.63) is 88.4 Å². The molecule has 194 valence electrons. The summed E-state index contributed by atoms with van der Waals surface area (Å²) in [4.78, 5) is 31.6. The van der Waals surface area contributed by atoms with Gasteiger partial charge in [0.1, 0.15) is 5.82 Å². The molecule has 8 nitrogen and oxygen atoms in total. The summed E-state index contributed by atoms with van der Waals surface area (Å²) in [5.74, 6) is 2.08. The Hall–Kier alpha value is -4.20. The van der Waals surface area contributed by atoms with E-state index in [1.807, 2.05) is 55.1 Å². The summed E-state index contributed by atoms with van der Waals surface area (Å²) >= 11 is 0. The van der Waals surface area contributed by atoms with Crippen LogP contribution < -0.4 is 11.1 Å². The number of nitrogens with two attached hydrogens (primary N) is 1. The predicted molar refractivity (Wildman–Crippen MR) is 146 cm³/mol. The molecule has 2 aromatic heterocycles. The van der Waals surface area contributed by atoms with Crippen molar-refractivity contribution in [3.8, 4) is 0 Å². The number of piperidine rings is 1. The van der Waals surface area contributed by atoms with Crippen molar-refractivity contribution in [2.45, 2.75) is 39.8 Å². The second-order valence-electron chi connectivity index (χ2n) is 10.7. The van der Waals surface area contributed by atoms with E-state index in [0.717, 1.165) is 63.5 Å². The molecule has 2 unspecified atom stereocenters. The number of carbonyl (C=O) groups excluding carboxylic acids is 2. The second-order valence-corrected chi connectivity index (χ2v) is 10.7. The van der Waals surface area contributed by atoms with Crippen LogP contribution in [0.1, 0.15) is 44.6 Å². The molecule has 3 heterocycles. The average molecular weight is 509 g/mol. The summed E-state index contributed by atoms with van der Waals surface area (Å²) in [6.45, 7) is 6.91. The van der Waals surface area contributed by atoms with Crippen LogP contribution in [0.4, 0.5) is 5.82 Å². The van der Waals surface area contributed by atoms with Crippen LogP contribution in [0.25, 0.3) is 10.8 Å². The Balaban J connectivity index is 1.05. The summed E-state index contributed by atoms with van der Waals surface area (Å²) in [7, 11) is 0. The quantitative estimate of drug-likeness (QED) is 0.397. The molecular formula is C30H32N6O2. The van der Waals surface area contributed by atoms with Gasteiger partial charge in [0.2, 0.25) is 5.91 Å². The molecule has 6 rings (SSSR count). The van der Waals surface area contributed by atoms with Crippen molar-refractivity contribution >= 4 is 28.4 Å². The molecule has 2 amide bonds. The highest BCUT2D eigenvalue weighted by molar-refractivity contribution is 5.95. The fraction of sp³-hybridized carbons (Fsp3) is 0.333. The van der Waals surface area contributed by atoms with Gasteiger partial charge in [-0.1, -0.05) is 24.3 Å². The number of hydrogen-bond donors (Lipinski definition) is 2. The van der Waals surface area contributed by atoms with Crippen molar-refractivity contribution in [1.29, 1.82) is 0 Å². The van der Waals surface area contributed by atoms with Gasteiger partial charge in [-0.25, -0.2) is 4.98 Å². The van der Waals surface area contributed by atoms with Gasteiger partial charge in [0, 0.05) is 37.4 Å². The maximum atomic E-state index is 12.9. The van der Waals surface area contributed by atoms with Gasteiger partial charge in [0.25, 0.3) is 5.91 Å². The topological polar surface area (TPSA) is 106 Å². The Morgan fingerprint density at radius 1 is 1.05 bits per heavy atom. The number of fused-ring (bicyclic) bond motifs is 2. The molecule has 38 heavy (non-hydrogen) atoms. The molecule has 1 saturated carbocycles. The minimum absolute atomic E-state index is 0.169. The van der Waals surface area contributed by atoms with Gasteiger partial charge in [-0.05, 0) is 77.4 Å². The molecule has 2 aliphatic rings. The van der Waals surface area contributed by atoms with Gasteiger partial charge in [0.15, 0.2) is 0 Å². The highest BCUT2D eigenvalue weighted by Crippen LogP contribution is 2.44. The lowest BCUT2D eigenvalue weighted by Crippen LogP contribution is -2.31. The van der Waals surface area contributed by atoms with Gasteiger partial charge in [0.05, 0.1) is 24.7 Å². The molecule has 0 radical (unpaired) electrons. The number of benzene rings is 2. The third kappa shape index (κ3) is 4.74. The molecule has 3 N–H and O–H groups in total. The zero-order valence-electron chi connectivity index (χ0n) is 21.8. The predicted octanol–water partition coefficient (Wildman–Crippen LogP) is 3.63. The van der Waals surface area contributed by atoms with Crippen LogP contribution in [0.3, 0.4) is 0 Å². The SMILES string of the molecule is Cc1cc2c(N)nccc2c(C)c1CNC(=O)c1cnn(Cc2ccc(CC(=O)N3CC4CC4C3)cc2)c1. The first-order valence-corrected chi connectivity index (χ1v) is 13.1. The Morgan fingerprint density at radius 2 is 1.79 bits per heavy atom. The van der Waals surface area contributed by atoms with Crippen LogP contribution in [-0.4, -0.2) is 44.6 Å². The van der Waals surface area contributed by atoms with E-state index >= 15 is 0 Å². The summed E-state index contributed by atoms with van der Waals surface area (Å²) < 4.78 is 1.76. The van der Waals surface area contributed by atoms with Crippen LogP contribution in [0, 0.1) is 25.7 Å². The van der Waals surface area contributed by atoms with Crippen molar-refractivity contribution in [1.82, 2.24) is 25.0 Å². The zero-order chi connectivity index (χ0) is 26.4. The first kappa shape index (κ1) is 24.2. The highest BCUT2D eigenvalue weighted by atomic mass is 16.2. The highest BCUT2D eigenvalue weighted by Gasteiger charge is 2.46. The number of aromatic nitrogens is 3. The van der Waals surface area contributed by atoms with Crippen molar-refractivity contribution in [2.24, 2.45) is 11.8 Å². The zero-order valence-corrected chi connectivity index (χ0v) is 21.8. The first-order chi connectivity index (χ1) is 18.4. The Kier molecular flexibility index (Phi) is 6.10. The van der Waals surface area contributed by atoms with E-state index in [4.69, 9.17) is 5.73 Å². The van der Waals surface area contributed by atoms with Crippen LogP contribution in [0.2, 0.25) is 0 Å². The molecule has 2 fully saturated rings. The summed E-state index contributed by atoms with van der Waals surface area (Å²) in [5, 5.41) is 9.39. The Morgan fingerprint density at radius 3 is 2.55 bits per heavy atom. The normalized spacial score (nSPS) is 18.0. The molecule has 0 bridgehead atoms. The minimum Gasteiger partial charge on any atom is -0.383 e. The molecule has 1 saturated heterocycles. The lowest BCUT2D eigenvalue weighted by atomic mass is 9.96. The summed E-state index contributed by atoms with van der Waals surface area (Å²) in [6, 6.07) is 12.1. The molecule has 2 aromatic carbocycles. The van der Waals surface area contributed by atoms with E-state index in [2.05, 4.69) is 15.4 Å². The van der Waals surface area contributed by atoms with Gasteiger partial charge >= 0.3 is 0 Å². The van der Waals surface area contributed by atoms with Crippen LogP contribution in [0.15, 0.2) is 55.0 Å². The lowest BCUT2D eigenvalue weighted by Gasteiger charge is -2.17. The number of carbonyl (C=O) groups is 2. The summed E-state index contributed by atoms with van der Waals surface area (Å²) in [5.41, 5.74) is 11.9. The molecule has 1 aliphatic heterocycles. The third-order valence-corrected chi connectivity index (χ3v) is 8.09. The van der Waals surface area contributed by atoms with Crippen LogP contribution >= 0.6 is 0 Å². The number of nitrogens with one attached hydrogen (secondary N) is 1. The van der Waals surface area contributed by atoms with E-state index < -0.39 is 0 Å². The number of likely N-dealkylation sites (tertiary alicyclic amines) is 1. The molecule has 8 heteroatoms. The smallest absolute Gasteiger partial charge is 0.254 e. The first-order valence-electron chi connectivity index (χ1n) is 13.1. The number of amides is 2. The van der Waals surface area contributed by atoms with E-state index in [1.165, 1.54) is 6.42 Å². The average Bonchev–Trinajstić information content (AvgIpc) is 3.27. The molecular weight excluding hydrogens is 476 g/mol. The number of nitrogens with zero attached hydrogens (tertiary/aromatic N) is 4. The van der Waals surface area contributed by atoms with Crippen molar-refractivity contribution in [2.75, 3.05) is 18.8 Å². The Bertz CT molecular complexity index is 1530. The van der Waals surface area contributed by atoms with Crippen molar-refractivity contribution < 1.29 is 9.59 Å². The van der Waals surface area contributed by atoms with E-state index in [0.29, 0.717) is 30.9 Å². The molecule has 4 aromatic rings. The lowest BCUT2D eigenvalue weighted by molar-refractivity contribution is -0.129. The number of aryl methyl sites for hydroxylation is 2. The Labute approximate surface area is 221 Å². The van der Waals surface area contributed by atoms with E-state index in [1.54, 1.807) is 23.3 Å². The number of nitrogen functional groups attached to an aromatic ring is 1. The van der Waals surface area contributed by atoms with E-state index in [9.17, 15) is 9.59 Å². The van der Waals surface area contributed by atoms with Gasteiger partial charge < -0.3 is 16.0 Å². The standard InChI is InChI=1S/C30H32N6O2/c1-18-9-26-25(7-8-32-29(26)31)19(2)27(18)13-33-30(38)24-12-34-36(17-24)14-21-5-3-20(4-6-21)10-28(37)35-15-22-11-23(22)16-35/h3-9,12,17,22-23H,10-11,13-16H2,1-2H3,(H2,31,32)(H,33,38). The molecule has 2 atom stereocenters. The fourth-order valence-electron chi connectivity index (χ4n) is 5.68. The van der Waals surface area contributed by atoms with Gasteiger partial charge in [-0.2, -0.15) is 5.10 Å². The number of hydrogen-bond acceptors (Lipinski definition) is 5. The number of pyridine rings is 1. The molecule has 1 aliphatic carbocycles. The molecule has 0 spiro atoms. The maximum Gasteiger partial charge on any atom is 0.254 e. The van der Waals surface area contributed by atoms with Crippen LogP contribution in [0.5, 0.6) is 0 Å². The summed E-state index contributed by atoms with van der Waals surface area (Å²) in [6.07, 6.45) is 6.81. The third-order valence-electron chi connectivity index (χ3n) is 8.09. The number of anilines is 1. The number of rotatable bonds is 7. The van der Waals surface area contributed by atoms with Crippen molar-refractivity contribution in [3.63, 3.8) is 0 Å². The minimum atomic E-state index is -0.169. The van der Waals surface area contributed by atoms with Gasteiger partial charge in [-0.3, -0.25) is 14.3 Å². The largest absolute Gasteiger partial charge is 0.383 e. The van der Waals surface area contributed by atoms with Gasteiger partial charge in [-0.15, -0.1) is 0 Å². The van der Waals surface area contributed by atoms with Crippen LogP contribution in [-0.2, 0) is 24.3 Å². The monoisotopic (exact) mass is 508 g/mol.